The highest BCUT2D eigenvalue weighted by molar-refractivity contribution is 5.79. The van der Waals surface area contributed by atoms with E-state index in [4.69, 9.17) is 5.11 Å². The Morgan fingerprint density at radius 1 is 1.50 bits per heavy atom. The first-order valence-electron chi connectivity index (χ1n) is 3.65. The van der Waals surface area contributed by atoms with E-state index in [1.807, 2.05) is 24.3 Å². The summed E-state index contributed by atoms with van der Waals surface area (Å²) in [4.78, 5) is 10.2. The van der Waals surface area contributed by atoms with E-state index in [0.29, 0.717) is 0 Å². The third-order valence-electron chi connectivity index (χ3n) is 1.53. The molecule has 0 aromatic heterocycles. The number of carboxylic acids is 1. The molecule has 0 saturated carbocycles. The van der Waals surface area contributed by atoms with Crippen LogP contribution in [-0.4, -0.2) is 11.1 Å². The molecule has 0 spiro atoms. The van der Waals surface area contributed by atoms with Crippen molar-refractivity contribution in [3.63, 3.8) is 0 Å². The average molecular weight is 162 g/mol. The highest BCUT2D eigenvalue weighted by Gasteiger charge is 1.99. The Bertz CT molecular complexity index is 266. The number of carboxylic acid groups (broad SMARTS) is 1. The second kappa shape index (κ2) is 3.72. The Hall–Kier alpha value is -1.57. The van der Waals surface area contributed by atoms with Crippen molar-refractivity contribution in [3.8, 4) is 0 Å². The molecule has 0 radical (unpaired) electrons. The minimum Gasteiger partial charge on any atom is -0.478 e. The molecule has 0 aromatic carbocycles. The molecule has 0 atom stereocenters. The molecular formula is C10H10O2. The van der Waals surface area contributed by atoms with Crippen molar-refractivity contribution in [2.75, 3.05) is 0 Å². The monoisotopic (exact) mass is 162 g/mol. The van der Waals surface area contributed by atoms with Crippen LogP contribution in [0.1, 0.15) is 0 Å². The van der Waals surface area contributed by atoms with Gasteiger partial charge in [0.05, 0.1) is 0 Å². The van der Waals surface area contributed by atoms with Gasteiger partial charge >= 0.3 is 5.97 Å². The highest BCUT2D eigenvalue weighted by atomic mass is 16.4. The lowest BCUT2D eigenvalue weighted by atomic mass is 10.0. The molecule has 12 heavy (non-hydrogen) atoms. The summed E-state index contributed by atoms with van der Waals surface area (Å²) in [6.07, 6.45) is 10.3. The van der Waals surface area contributed by atoms with Crippen LogP contribution >= 0.6 is 0 Å². The quantitative estimate of drug-likeness (QED) is 0.630. The van der Waals surface area contributed by atoms with Crippen molar-refractivity contribution in [3.05, 3.63) is 48.6 Å². The summed E-state index contributed by atoms with van der Waals surface area (Å²) in [5.74, 6) is -0.826. The molecule has 0 unspecified atom stereocenters. The van der Waals surface area contributed by atoms with E-state index < -0.39 is 5.97 Å². The molecule has 1 aliphatic carbocycles. The van der Waals surface area contributed by atoms with Crippen LogP contribution in [0, 0.1) is 5.92 Å². The van der Waals surface area contributed by atoms with Crippen LogP contribution in [0.5, 0.6) is 0 Å². The van der Waals surface area contributed by atoms with Crippen LogP contribution in [-0.2, 0) is 4.79 Å². The van der Waals surface area contributed by atoms with Gasteiger partial charge in [-0.15, -0.1) is 0 Å². The molecule has 0 heterocycles. The lowest BCUT2D eigenvalue weighted by Crippen LogP contribution is -1.94. The molecule has 1 rings (SSSR count). The predicted molar refractivity (Wildman–Crippen MR) is 47.7 cm³/mol. The minimum atomic E-state index is -0.916. The molecule has 0 bridgehead atoms. The Morgan fingerprint density at radius 3 is 2.58 bits per heavy atom. The van der Waals surface area contributed by atoms with Gasteiger partial charge in [0.1, 0.15) is 0 Å². The molecule has 0 amide bonds. The van der Waals surface area contributed by atoms with Gasteiger partial charge in [-0.1, -0.05) is 37.0 Å². The zero-order chi connectivity index (χ0) is 8.97. The Balaban J connectivity index is 2.57. The second-order valence-electron chi connectivity index (χ2n) is 2.57. The molecule has 2 heteroatoms. The lowest BCUT2D eigenvalue weighted by Gasteiger charge is -2.05. The molecule has 0 aromatic rings. The van der Waals surface area contributed by atoms with Gasteiger partial charge in [0, 0.05) is 12.0 Å². The SMILES string of the molecule is C=C1C=CC(/C=C/C(=O)O)C=C1. The van der Waals surface area contributed by atoms with Gasteiger partial charge in [0.25, 0.3) is 0 Å². The minimum absolute atomic E-state index is 0.0894. The zero-order valence-electron chi connectivity index (χ0n) is 6.60. The highest BCUT2D eigenvalue weighted by Crippen LogP contribution is 2.13. The topological polar surface area (TPSA) is 37.3 Å². The average Bonchev–Trinajstić information content (AvgIpc) is 2.03. The largest absolute Gasteiger partial charge is 0.478 e. The number of aliphatic carboxylic acids is 1. The van der Waals surface area contributed by atoms with E-state index in [9.17, 15) is 4.79 Å². The molecular weight excluding hydrogens is 152 g/mol. The maximum absolute atomic E-state index is 10.2. The fourth-order valence-corrected chi connectivity index (χ4v) is 0.911. The Morgan fingerprint density at radius 2 is 2.08 bits per heavy atom. The normalized spacial score (nSPS) is 17.5. The smallest absolute Gasteiger partial charge is 0.328 e. The zero-order valence-corrected chi connectivity index (χ0v) is 6.60. The first-order valence-corrected chi connectivity index (χ1v) is 3.65. The van der Waals surface area contributed by atoms with Gasteiger partial charge in [-0.2, -0.15) is 0 Å². The van der Waals surface area contributed by atoms with Gasteiger partial charge in [-0.3, -0.25) is 0 Å². The van der Waals surface area contributed by atoms with Gasteiger partial charge in [-0.05, 0) is 5.57 Å². The van der Waals surface area contributed by atoms with Crippen molar-refractivity contribution in [1.29, 1.82) is 0 Å². The number of allylic oxidation sites excluding steroid dienone is 6. The first-order chi connectivity index (χ1) is 5.68. The third-order valence-corrected chi connectivity index (χ3v) is 1.53. The van der Waals surface area contributed by atoms with Crippen molar-refractivity contribution < 1.29 is 9.90 Å². The number of rotatable bonds is 2. The number of hydrogen-bond acceptors (Lipinski definition) is 1. The summed E-state index contributed by atoms with van der Waals surface area (Å²) in [7, 11) is 0. The number of hydrogen-bond donors (Lipinski definition) is 1. The first kappa shape index (κ1) is 8.53. The number of carbonyl (C=O) groups is 1. The summed E-state index contributed by atoms with van der Waals surface area (Å²) in [6, 6.07) is 0. The van der Waals surface area contributed by atoms with Crippen molar-refractivity contribution in [1.82, 2.24) is 0 Å². The summed E-state index contributed by atoms with van der Waals surface area (Å²) in [5, 5.41) is 8.34. The summed E-state index contributed by atoms with van der Waals surface area (Å²) < 4.78 is 0. The predicted octanol–water partition coefficient (Wildman–Crippen LogP) is 1.93. The Labute approximate surface area is 71.2 Å². The second-order valence-corrected chi connectivity index (χ2v) is 2.57. The molecule has 0 aliphatic heterocycles. The molecule has 1 aliphatic rings. The molecule has 0 fully saturated rings. The van der Waals surface area contributed by atoms with Gasteiger partial charge in [-0.25, -0.2) is 4.79 Å². The van der Waals surface area contributed by atoms with E-state index in [2.05, 4.69) is 6.58 Å². The third kappa shape index (κ3) is 2.58. The van der Waals surface area contributed by atoms with Gasteiger partial charge < -0.3 is 5.11 Å². The standard InChI is InChI=1S/C10H10O2/c1-8-2-4-9(5-3-8)6-7-10(11)12/h2-7,9H,1H2,(H,11,12)/b7-6+. The van der Waals surface area contributed by atoms with E-state index in [1.54, 1.807) is 6.08 Å². The van der Waals surface area contributed by atoms with Crippen molar-refractivity contribution in [2.45, 2.75) is 0 Å². The maximum Gasteiger partial charge on any atom is 0.328 e. The van der Waals surface area contributed by atoms with Crippen molar-refractivity contribution >= 4 is 5.97 Å². The van der Waals surface area contributed by atoms with Crippen LogP contribution < -0.4 is 0 Å². The fraction of sp³-hybridized carbons (Fsp3) is 0.100. The summed E-state index contributed by atoms with van der Waals surface area (Å²) in [6.45, 7) is 3.73. The fourth-order valence-electron chi connectivity index (χ4n) is 0.911. The van der Waals surface area contributed by atoms with Crippen LogP contribution in [0.4, 0.5) is 0 Å². The van der Waals surface area contributed by atoms with Gasteiger partial charge in [0.2, 0.25) is 0 Å². The van der Waals surface area contributed by atoms with E-state index in [1.165, 1.54) is 0 Å². The molecule has 1 N–H and O–H groups in total. The summed E-state index contributed by atoms with van der Waals surface area (Å²) in [5.41, 5.74) is 0.940. The molecule has 62 valence electrons. The molecule has 2 nitrogen and oxygen atoms in total. The van der Waals surface area contributed by atoms with Crippen LogP contribution in [0.25, 0.3) is 0 Å². The van der Waals surface area contributed by atoms with Crippen LogP contribution in [0.2, 0.25) is 0 Å². The van der Waals surface area contributed by atoms with E-state index >= 15 is 0 Å². The van der Waals surface area contributed by atoms with Crippen molar-refractivity contribution in [2.24, 2.45) is 5.92 Å². The van der Waals surface area contributed by atoms with Crippen LogP contribution in [0.15, 0.2) is 48.6 Å². The van der Waals surface area contributed by atoms with Crippen LogP contribution in [0.3, 0.4) is 0 Å². The summed E-state index contributed by atoms with van der Waals surface area (Å²) >= 11 is 0. The van der Waals surface area contributed by atoms with E-state index in [0.717, 1.165) is 11.6 Å². The van der Waals surface area contributed by atoms with Gasteiger partial charge in [0.15, 0.2) is 0 Å². The van der Waals surface area contributed by atoms with E-state index in [-0.39, 0.29) is 5.92 Å². The lowest BCUT2D eigenvalue weighted by molar-refractivity contribution is -0.131. The maximum atomic E-state index is 10.2. The Kier molecular flexibility index (Phi) is 2.64. The molecule has 0 saturated heterocycles.